The lowest BCUT2D eigenvalue weighted by Crippen LogP contribution is -2.38. The summed E-state index contributed by atoms with van der Waals surface area (Å²) in [6, 6.07) is 0.427. The fraction of sp³-hybridized carbons (Fsp3) is 0.833. The molecule has 1 saturated heterocycles. The lowest BCUT2D eigenvalue weighted by Gasteiger charge is -2.28. The Bertz CT molecular complexity index is 365. The van der Waals surface area contributed by atoms with Crippen molar-refractivity contribution in [2.24, 2.45) is 5.92 Å². The van der Waals surface area contributed by atoms with E-state index >= 15 is 0 Å². The molecule has 3 atom stereocenters. The molecule has 2 heterocycles. The van der Waals surface area contributed by atoms with Crippen LogP contribution in [0.3, 0.4) is 0 Å². The number of aromatic nitrogens is 2. The number of hydrogen-bond donors (Lipinski definition) is 2. The quantitative estimate of drug-likeness (QED) is 0.857. The Labute approximate surface area is 113 Å². The SMILES string of the molecule is COC(C)c1nsc(NC(C)C2CCCNC2)n1. The lowest BCUT2D eigenvalue weighted by atomic mass is 9.93. The highest BCUT2D eigenvalue weighted by atomic mass is 32.1. The standard InChI is InChI=1S/C12H22N4OS/c1-8(10-5-4-6-13-7-10)14-12-15-11(16-18-12)9(2)17-3/h8-10,13H,4-7H2,1-3H3,(H,14,15,16). The maximum absolute atomic E-state index is 5.21. The van der Waals surface area contributed by atoms with Gasteiger partial charge in [-0.05, 0) is 45.7 Å². The maximum Gasteiger partial charge on any atom is 0.202 e. The van der Waals surface area contributed by atoms with Crippen LogP contribution in [-0.2, 0) is 4.74 Å². The van der Waals surface area contributed by atoms with E-state index in [0.717, 1.165) is 24.0 Å². The van der Waals surface area contributed by atoms with Gasteiger partial charge in [0.05, 0.1) is 0 Å². The number of rotatable bonds is 5. The number of nitrogens with one attached hydrogen (secondary N) is 2. The molecule has 0 amide bonds. The lowest BCUT2D eigenvalue weighted by molar-refractivity contribution is 0.113. The smallest absolute Gasteiger partial charge is 0.202 e. The number of ether oxygens (including phenoxy) is 1. The summed E-state index contributed by atoms with van der Waals surface area (Å²) in [5, 5.41) is 7.80. The highest BCUT2D eigenvalue weighted by Crippen LogP contribution is 2.22. The van der Waals surface area contributed by atoms with Crippen molar-refractivity contribution in [3.05, 3.63) is 5.82 Å². The Kier molecular flexibility index (Phi) is 4.91. The molecule has 2 N–H and O–H groups in total. The van der Waals surface area contributed by atoms with Crippen molar-refractivity contribution in [3.8, 4) is 0 Å². The van der Waals surface area contributed by atoms with E-state index in [4.69, 9.17) is 4.74 Å². The number of piperidine rings is 1. The third-order valence-corrected chi connectivity index (χ3v) is 4.21. The molecule has 1 aromatic heterocycles. The van der Waals surface area contributed by atoms with Gasteiger partial charge in [0, 0.05) is 24.7 Å². The topological polar surface area (TPSA) is 59.1 Å². The fourth-order valence-corrected chi connectivity index (χ4v) is 2.92. The van der Waals surface area contributed by atoms with Crippen LogP contribution in [-0.4, -0.2) is 35.6 Å². The summed E-state index contributed by atoms with van der Waals surface area (Å²) in [4.78, 5) is 4.47. The van der Waals surface area contributed by atoms with E-state index < -0.39 is 0 Å². The second kappa shape index (κ2) is 6.45. The normalized spacial score (nSPS) is 23.6. The Balaban J connectivity index is 1.90. The first kappa shape index (κ1) is 13.7. The van der Waals surface area contributed by atoms with E-state index in [9.17, 15) is 0 Å². The molecule has 0 aromatic carbocycles. The molecule has 5 nitrogen and oxygen atoms in total. The Morgan fingerprint density at radius 2 is 2.33 bits per heavy atom. The van der Waals surface area contributed by atoms with Gasteiger partial charge in [0.25, 0.3) is 0 Å². The molecule has 0 saturated carbocycles. The molecule has 6 heteroatoms. The molecule has 0 spiro atoms. The van der Waals surface area contributed by atoms with E-state index in [-0.39, 0.29) is 6.10 Å². The van der Waals surface area contributed by atoms with Gasteiger partial charge in [-0.3, -0.25) is 0 Å². The molecular formula is C12H22N4OS. The molecule has 102 valence electrons. The summed E-state index contributed by atoms with van der Waals surface area (Å²) in [6.07, 6.45) is 2.50. The van der Waals surface area contributed by atoms with Crippen molar-refractivity contribution < 1.29 is 4.74 Å². The first-order valence-electron chi connectivity index (χ1n) is 6.54. The van der Waals surface area contributed by atoms with Crippen LogP contribution in [0.25, 0.3) is 0 Å². The van der Waals surface area contributed by atoms with Crippen LogP contribution in [0.5, 0.6) is 0 Å². The average molecular weight is 270 g/mol. The van der Waals surface area contributed by atoms with Crippen molar-refractivity contribution >= 4 is 16.7 Å². The van der Waals surface area contributed by atoms with Crippen LogP contribution < -0.4 is 10.6 Å². The van der Waals surface area contributed by atoms with Gasteiger partial charge in [0.15, 0.2) is 5.82 Å². The third kappa shape index (κ3) is 3.40. The molecule has 1 fully saturated rings. The number of hydrogen-bond acceptors (Lipinski definition) is 6. The van der Waals surface area contributed by atoms with E-state index in [2.05, 4.69) is 26.9 Å². The van der Waals surface area contributed by atoms with E-state index in [0.29, 0.717) is 12.0 Å². The van der Waals surface area contributed by atoms with Crippen LogP contribution in [0.4, 0.5) is 5.13 Å². The zero-order valence-electron chi connectivity index (χ0n) is 11.3. The second-order valence-electron chi connectivity index (χ2n) is 4.88. The first-order valence-corrected chi connectivity index (χ1v) is 7.31. The van der Waals surface area contributed by atoms with Crippen molar-refractivity contribution in [1.82, 2.24) is 14.7 Å². The van der Waals surface area contributed by atoms with Gasteiger partial charge in [-0.2, -0.15) is 4.37 Å². The van der Waals surface area contributed by atoms with Crippen LogP contribution in [0.1, 0.15) is 38.6 Å². The van der Waals surface area contributed by atoms with E-state index in [1.54, 1.807) is 7.11 Å². The molecule has 0 radical (unpaired) electrons. The average Bonchev–Trinajstić information content (AvgIpc) is 2.87. The van der Waals surface area contributed by atoms with Gasteiger partial charge in [-0.15, -0.1) is 0 Å². The zero-order chi connectivity index (χ0) is 13.0. The minimum Gasteiger partial charge on any atom is -0.374 e. The molecule has 0 bridgehead atoms. The van der Waals surface area contributed by atoms with Crippen molar-refractivity contribution in [3.63, 3.8) is 0 Å². The second-order valence-corrected chi connectivity index (χ2v) is 5.63. The summed E-state index contributed by atoms with van der Waals surface area (Å²) >= 11 is 1.41. The number of nitrogens with zero attached hydrogens (tertiary/aromatic N) is 2. The Hall–Kier alpha value is -0.720. The minimum atomic E-state index is -0.0385. The largest absolute Gasteiger partial charge is 0.374 e. The molecule has 1 aliphatic rings. The summed E-state index contributed by atoms with van der Waals surface area (Å²) in [5.74, 6) is 1.44. The number of methoxy groups -OCH3 is 1. The predicted molar refractivity (Wildman–Crippen MR) is 74.0 cm³/mol. The van der Waals surface area contributed by atoms with Gasteiger partial charge < -0.3 is 15.4 Å². The molecule has 0 aliphatic carbocycles. The summed E-state index contributed by atoms with van der Waals surface area (Å²) in [6.45, 7) is 6.42. The minimum absolute atomic E-state index is 0.0385. The monoisotopic (exact) mass is 270 g/mol. The zero-order valence-corrected chi connectivity index (χ0v) is 12.1. The summed E-state index contributed by atoms with van der Waals surface area (Å²) < 4.78 is 9.53. The van der Waals surface area contributed by atoms with Gasteiger partial charge >= 0.3 is 0 Å². The highest BCUT2D eigenvalue weighted by molar-refractivity contribution is 7.09. The molecule has 2 rings (SSSR count). The van der Waals surface area contributed by atoms with Crippen molar-refractivity contribution in [2.45, 2.75) is 38.8 Å². The molecule has 3 unspecified atom stereocenters. The van der Waals surface area contributed by atoms with Crippen LogP contribution in [0, 0.1) is 5.92 Å². The third-order valence-electron chi connectivity index (χ3n) is 3.55. The van der Waals surface area contributed by atoms with Crippen LogP contribution in [0.15, 0.2) is 0 Å². The van der Waals surface area contributed by atoms with Crippen LogP contribution >= 0.6 is 11.5 Å². The first-order chi connectivity index (χ1) is 8.70. The fourth-order valence-electron chi connectivity index (χ4n) is 2.18. The van der Waals surface area contributed by atoms with Gasteiger partial charge in [-0.25, -0.2) is 4.98 Å². The maximum atomic E-state index is 5.21. The van der Waals surface area contributed by atoms with Crippen molar-refractivity contribution in [2.75, 3.05) is 25.5 Å². The Morgan fingerprint density at radius 3 is 3.00 bits per heavy atom. The Morgan fingerprint density at radius 1 is 1.50 bits per heavy atom. The molecule has 1 aromatic rings. The molecule has 1 aliphatic heterocycles. The van der Waals surface area contributed by atoms with Gasteiger partial charge in [0.1, 0.15) is 6.10 Å². The van der Waals surface area contributed by atoms with E-state index in [1.807, 2.05) is 6.92 Å². The van der Waals surface area contributed by atoms with Gasteiger partial charge in [-0.1, -0.05) is 0 Å². The van der Waals surface area contributed by atoms with Gasteiger partial charge in [0.2, 0.25) is 5.13 Å². The highest BCUT2D eigenvalue weighted by Gasteiger charge is 2.21. The number of anilines is 1. The summed E-state index contributed by atoms with van der Waals surface area (Å²) in [7, 11) is 1.68. The van der Waals surface area contributed by atoms with Crippen LogP contribution in [0.2, 0.25) is 0 Å². The van der Waals surface area contributed by atoms with E-state index in [1.165, 1.54) is 24.4 Å². The molecule has 18 heavy (non-hydrogen) atoms. The van der Waals surface area contributed by atoms with Crippen molar-refractivity contribution in [1.29, 1.82) is 0 Å². The predicted octanol–water partition coefficient (Wildman–Crippen LogP) is 2.05. The molecular weight excluding hydrogens is 248 g/mol. The summed E-state index contributed by atoms with van der Waals surface area (Å²) in [5.41, 5.74) is 0.